The SMILES string of the molecule is C=CC(=O)CCC(COC(=O)C=C)(COC(=O)C=C)COC(=O)C(CC(=O)OCC(COC(=O)C=C)(COC(=O)C=C)COC(=O)C=C)C(CC(=O)OCC(COC(=O)C=C)(COC(=O)C=C)COC(=O)C=C)C(=O)OCC(COC(=O)C=C)(COC(=O)C=C)COC(=O)C=C. The quantitative estimate of drug-likeness (QED) is 0.0480. The Hall–Kier alpha value is -11.4. The highest BCUT2D eigenvalue weighted by atomic mass is 16.6. The van der Waals surface area contributed by atoms with E-state index in [1.807, 2.05) is 0 Å². The van der Waals surface area contributed by atoms with Crippen LogP contribution in [-0.4, -0.2) is 194 Å². The van der Waals surface area contributed by atoms with Crippen molar-refractivity contribution >= 4 is 95.3 Å². The molecule has 0 aromatic heterocycles. The first-order valence-corrected chi connectivity index (χ1v) is 28.0. The average molecular weight is 1350 g/mol. The summed E-state index contributed by atoms with van der Waals surface area (Å²) in [6, 6.07) is 0. The maximum absolute atomic E-state index is 15.3. The molecule has 0 aromatic carbocycles. The van der Waals surface area contributed by atoms with E-state index in [1.54, 1.807) is 0 Å². The molecule has 31 heteroatoms. The summed E-state index contributed by atoms with van der Waals surface area (Å²) in [4.78, 5) is 210. The number of ketones is 1. The number of hydrogen-bond acceptors (Lipinski definition) is 31. The zero-order valence-corrected chi connectivity index (χ0v) is 52.7. The minimum atomic E-state index is -2.50. The van der Waals surface area contributed by atoms with Crippen LogP contribution in [0.5, 0.6) is 0 Å². The van der Waals surface area contributed by atoms with Gasteiger partial charge in [-0.3, -0.25) is 24.0 Å². The minimum Gasteiger partial charge on any atom is -0.465 e. The Bertz CT molecular complexity index is 2540. The third-order valence-electron chi connectivity index (χ3n) is 12.7. The van der Waals surface area contributed by atoms with Gasteiger partial charge in [0.05, 0.1) is 30.1 Å². The van der Waals surface area contributed by atoms with E-state index in [0.717, 1.165) is 6.08 Å². The van der Waals surface area contributed by atoms with Gasteiger partial charge in [-0.25, -0.2) is 52.7 Å². The van der Waals surface area contributed by atoms with Crippen LogP contribution in [0.25, 0.3) is 0 Å². The molecular weight excluding hydrogens is 1280 g/mol. The number of rotatable bonds is 52. The highest BCUT2D eigenvalue weighted by Gasteiger charge is 2.47. The maximum atomic E-state index is 15.3. The number of allylic oxidation sites excluding steroid dienone is 1. The number of carbonyl (C=O) groups is 16. The normalized spacial score (nSPS) is 11.3. The van der Waals surface area contributed by atoms with Crippen LogP contribution in [0.15, 0.2) is 152 Å². The molecule has 0 bridgehead atoms. The molecule has 0 radical (unpaired) electrons. The van der Waals surface area contributed by atoms with E-state index < -0.39 is 254 Å². The molecule has 96 heavy (non-hydrogen) atoms. The second-order valence-corrected chi connectivity index (χ2v) is 20.3. The number of hydrogen-bond donors (Lipinski definition) is 0. The van der Waals surface area contributed by atoms with Crippen molar-refractivity contribution in [2.75, 3.05) is 99.1 Å². The molecule has 0 saturated carbocycles. The standard InChI is InChI=1S/C65H76O31/c1-13-44(66)25-26-62(29-82-47(67)14-2,30-83-48(68)15-3)31-95-60(80)45(27-58(78)93-41-63(32-84-49(69)16-4,33-85-50(70)17-5)34-86-51(71)18-6)46(61(81)96-43-65(38-90-55(75)22-10,39-91-56(76)23-11)40-92-57(77)24-12)28-59(79)94-42-64(35-87-52(72)19-7,36-88-53(73)20-8)37-89-54(74)21-9/h13-24,45-46H,1-12,25-43H2. The van der Waals surface area contributed by atoms with Gasteiger partial charge in [-0.05, 0) is 12.5 Å². The lowest BCUT2D eigenvalue weighted by atomic mass is 9.84. The van der Waals surface area contributed by atoms with Gasteiger partial charge in [0.1, 0.15) is 115 Å². The average Bonchev–Trinajstić information content (AvgIpc) is 0.917. The molecule has 0 amide bonds. The van der Waals surface area contributed by atoms with Crippen LogP contribution in [0, 0.1) is 33.5 Å². The van der Waals surface area contributed by atoms with Crippen molar-refractivity contribution in [2.24, 2.45) is 33.5 Å². The Kier molecular flexibility index (Phi) is 39.6. The summed E-state index contributed by atoms with van der Waals surface area (Å²) < 4.78 is 80.2. The molecule has 2 atom stereocenters. The van der Waals surface area contributed by atoms with Crippen LogP contribution < -0.4 is 0 Å². The van der Waals surface area contributed by atoms with E-state index in [2.05, 4.69) is 78.9 Å². The second-order valence-electron chi connectivity index (χ2n) is 20.3. The zero-order valence-electron chi connectivity index (χ0n) is 52.7. The van der Waals surface area contributed by atoms with Crippen molar-refractivity contribution < 1.29 is 148 Å². The summed E-state index contributed by atoms with van der Waals surface area (Å²) in [5, 5.41) is 0. The van der Waals surface area contributed by atoms with Gasteiger partial charge in [0.25, 0.3) is 0 Å². The van der Waals surface area contributed by atoms with Crippen molar-refractivity contribution in [1.29, 1.82) is 0 Å². The molecule has 0 aliphatic heterocycles. The topological polar surface area (TPSA) is 412 Å². The summed E-state index contributed by atoms with van der Waals surface area (Å²) in [5.74, 6) is -24.5. The first-order chi connectivity index (χ1) is 45.4. The van der Waals surface area contributed by atoms with E-state index in [4.69, 9.17) is 71.1 Å². The fourth-order valence-corrected chi connectivity index (χ4v) is 7.08. The molecule has 0 rings (SSSR count). The molecule has 0 aliphatic carbocycles. The van der Waals surface area contributed by atoms with Gasteiger partial charge in [-0.1, -0.05) is 78.9 Å². The lowest BCUT2D eigenvalue weighted by Gasteiger charge is -2.34. The Labute approximate surface area is 551 Å². The van der Waals surface area contributed by atoms with Crippen molar-refractivity contribution in [3.63, 3.8) is 0 Å². The van der Waals surface area contributed by atoms with E-state index >= 15 is 9.59 Å². The Morgan fingerprint density at radius 2 is 0.396 bits per heavy atom. The van der Waals surface area contributed by atoms with Crippen molar-refractivity contribution in [2.45, 2.75) is 25.7 Å². The van der Waals surface area contributed by atoms with Crippen LogP contribution in [0.4, 0.5) is 0 Å². The fourth-order valence-electron chi connectivity index (χ4n) is 7.08. The summed E-state index contributed by atoms with van der Waals surface area (Å²) in [7, 11) is 0. The van der Waals surface area contributed by atoms with Gasteiger partial charge < -0.3 is 71.1 Å². The zero-order chi connectivity index (χ0) is 72.9. The van der Waals surface area contributed by atoms with Crippen LogP contribution in [0.1, 0.15) is 25.7 Å². The minimum absolute atomic E-state index is 0.477. The molecule has 2 unspecified atom stereocenters. The van der Waals surface area contributed by atoms with Crippen molar-refractivity contribution in [3.05, 3.63) is 152 Å². The van der Waals surface area contributed by atoms with Gasteiger partial charge in [-0.15, -0.1) is 0 Å². The van der Waals surface area contributed by atoms with Crippen LogP contribution in [-0.2, 0) is 148 Å². The first kappa shape index (κ1) is 84.6. The molecule has 0 aromatic rings. The van der Waals surface area contributed by atoms with Crippen LogP contribution in [0.3, 0.4) is 0 Å². The first-order valence-electron chi connectivity index (χ1n) is 28.0. The van der Waals surface area contributed by atoms with Crippen molar-refractivity contribution in [1.82, 2.24) is 0 Å². The van der Waals surface area contributed by atoms with Gasteiger partial charge in [0.2, 0.25) is 0 Å². The number of esters is 15. The van der Waals surface area contributed by atoms with E-state index in [9.17, 15) is 67.1 Å². The molecule has 0 fully saturated rings. The Morgan fingerprint density at radius 1 is 0.229 bits per heavy atom. The summed E-state index contributed by atoms with van der Waals surface area (Å²) >= 11 is 0. The summed E-state index contributed by atoms with van der Waals surface area (Å²) in [6.07, 6.45) is 4.71. The molecule has 31 nitrogen and oxygen atoms in total. The smallest absolute Gasteiger partial charge is 0.330 e. The van der Waals surface area contributed by atoms with E-state index in [-0.39, 0.29) is 0 Å². The second kappa shape index (κ2) is 45.0. The van der Waals surface area contributed by atoms with Gasteiger partial charge >= 0.3 is 89.5 Å². The van der Waals surface area contributed by atoms with Crippen LogP contribution in [0.2, 0.25) is 0 Å². The lowest BCUT2D eigenvalue weighted by Crippen LogP contribution is -2.46. The Morgan fingerprint density at radius 3 is 0.583 bits per heavy atom. The number of carbonyl (C=O) groups excluding carboxylic acids is 16. The lowest BCUT2D eigenvalue weighted by molar-refractivity contribution is -0.180. The number of ether oxygens (including phenoxy) is 15. The van der Waals surface area contributed by atoms with E-state index in [0.29, 0.717) is 66.8 Å². The predicted octanol–water partition coefficient (Wildman–Crippen LogP) is 2.67. The molecule has 0 heterocycles. The molecule has 0 aliphatic rings. The summed E-state index contributed by atoms with van der Waals surface area (Å²) in [6.45, 7) is 25.2. The Balaban J connectivity index is 9.14. The monoisotopic (exact) mass is 1350 g/mol. The van der Waals surface area contributed by atoms with Gasteiger partial charge in [-0.2, -0.15) is 0 Å². The molecule has 0 saturated heterocycles. The third-order valence-corrected chi connectivity index (χ3v) is 12.7. The molecule has 0 N–H and O–H groups in total. The van der Waals surface area contributed by atoms with E-state index in [1.165, 1.54) is 0 Å². The molecule has 0 spiro atoms. The molecule has 522 valence electrons. The fraction of sp³-hybridized carbons (Fsp3) is 0.385. The molecular formula is C65H76O31. The highest BCUT2D eigenvalue weighted by Crippen LogP contribution is 2.33. The maximum Gasteiger partial charge on any atom is 0.330 e. The predicted molar refractivity (Wildman–Crippen MR) is 327 cm³/mol. The third kappa shape index (κ3) is 33.3. The highest BCUT2D eigenvalue weighted by molar-refractivity contribution is 5.90. The van der Waals surface area contributed by atoms with Gasteiger partial charge in [0, 0.05) is 73.3 Å². The van der Waals surface area contributed by atoms with Crippen LogP contribution >= 0.6 is 0 Å². The largest absolute Gasteiger partial charge is 0.465 e. The summed E-state index contributed by atoms with van der Waals surface area (Å²) in [5.41, 5.74) is -8.29. The van der Waals surface area contributed by atoms with Gasteiger partial charge in [0.15, 0.2) is 5.78 Å². The van der Waals surface area contributed by atoms with Crippen molar-refractivity contribution in [3.8, 4) is 0 Å².